The Morgan fingerprint density at radius 3 is 1.97 bits per heavy atom. The third-order valence-corrected chi connectivity index (χ3v) is 5.28. The van der Waals surface area contributed by atoms with Crippen molar-refractivity contribution in [3.63, 3.8) is 0 Å². The van der Waals surface area contributed by atoms with Crippen LogP contribution < -0.4 is 26.0 Å². The van der Waals surface area contributed by atoms with Gasteiger partial charge in [0.15, 0.2) is 5.92 Å². The highest BCUT2D eigenvalue weighted by Gasteiger charge is 2.33. The lowest BCUT2D eigenvalue weighted by atomic mass is 10.00. The van der Waals surface area contributed by atoms with Crippen LogP contribution in [-0.2, 0) is 30.3 Å². The second kappa shape index (κ2) is 14.8. The number of aliphatic carboxylic acids is 1. The van der Waals surface area contributed by atoms with E-state index in [9.17, 15) is 29.1 Å². The molecule has 0 spiro atoms. The standard InChI is InChI=1S/C26H40N4O8/c1-15(2)12-19(29-21(31)18(24(34)35)14-28-25(36)38-26(3,4)5)23(33)30-20(22(32)27-6)13-16-8-10-17(37-7)11-9-16/h8-11,15,18-20H,12-14H2,1-7H3,(H,27,32)(H,28,36)(H,29,31)(H,30,33)(H,34,35)/t18?,19-,20-/m0/s1. The average molecular weight is 537 g/mol. The highest BCUT2D eigenvalue weighted by molar-refractivity contribution is 6.00. The smallest absolute Gasteiger partial charge is 0.407 e. The van der Waals surface area contributed by atoms with Gasteiger partial charge in [0.25, 0.3) is 0 Å². The van der Waals surface area contributed by atoms with Gasteiger partial charge in [0.1, 0.15) is 23.4 Å². The highest BCUT2D eigenvalue weighted by atomic mass is 16.6. The van der Waals surface area contributed by atoms with Crippen LogP contribution in [0.3, 0.4) is 0 Å². The van der Waals surface area contributed by atoms with Crippen LogP contribution in [0.5, 0.6) is 5.75 Å². The molecule has 0 saturated heterocycles. The first-order chi connectivity index (χ1) is 17.7. The summed E-state index contributed by atoms with van der Waals surface area (Å²) in [7, 11) is 2.98. The van der Waals surface area contributed by atoms with Gasteiger partial charge in [0.05, 0.1) is 7.11 Å². The van der Waals surface area contributed by atoms with Gasteiger partial charge in [-0.2, -0.15) is 0 Å². The molecule has 0 bridgehead atoms. The van der Waals surface area contributed by atoms with Gasteiger partial charge >= 0.3 is 12.1 Å². The minimum absolute atomic E-state index is 0.0470. The van der Waals surface area contributed by atoms with E-state index in [-0.39, 0.29) is 18.8 Å². The van der Waals surface area contributed by atoms with Gasteiger partial charge in [0, 0.05) is 20.0 Å². The van der Waals surface area contributed by atoms with Crippen molar-refractivity contribution < 1.29 is 38.6 Å². The lowest BCUT2D eigenvalue weighted by Crippen LogP contribution is -2.56. The van der Waals surface area contributed by atoms with E-state index < -0.39 is 59.9 Å². The van der Waals surface area contributed by atoms with E-state index in [1.54, 1.807) is 45.0 Å². The molecule has 1 aromatic rings. The van der Waals surface area contributed by atoms with E-state index in [4.69, 9.17) is 9.47 Å². The fraction of sp³-hybridized carbons (Fsp3) is 0.577. The molecule has 5 N–H and O–H groups in total. The minimum atomic E-state index is -1.67. The van der Waals surface area contributed by atoms with E-state index in [0.29, 0.717) is 5.75 Å². The van der Waals surface area contributed by atoms with E-state index >= 15 is 0 Å². The summed E-state index contributed by atoms with van der Waals surface area (Å²) in [5.74, 6) is -4.59. The van der Waals surface area contributed by atoms with Crippen LogP contribution in [0.15, 0.2) is 24.3 Å². The largest absolute Gasteiger partial charge is 0.497 e. The SMILES string of the molecule is CNC(=O)[C@H](Cc1ccc(OC)cc1)NC(=O)[C@H](CC(C)C)NC(=O)C(CNC(=O)OC(C)(C)C)C(=O)O. The first kappa shape index (κ1) is 32.2. The Bertz CT molecular complexity index is 972. The molecule has 0 saturated carbocycles. The third kappa shape index (κ3) is 11.5. The number of hydrogen-bond donors (Lipinski definition) is 5. The molecule has 0 radical (unpaired) electrons. The molecule has 4 amide bonds. The molecule has 3 atom stereocenters. The Labute approximate surface area is 223 Å². The van der Waals surface area contributed by atoms with E-state index in [1.807, 2.05) is 13.8 Å². The second-order valence-electron chi connectivity index (χ2n) is 10.2. The predicted molar refractivity (Wildman–Crippen MR) is 139 cm³/mol. The summed E-state index contributed by atoms with van der Waals surface area (Å²) in [4.78, 5) is 62.2. The van der Waals surface area contributed by atoms with Crippen LogP contribution in [0.25, 0.3) is 0 Å². The Hall–Kier alpha value is -3.83. The molecule has 12 nitrogen and oxygen atoms in total. The first-order valence-corrected chi connectivity index (χ1v) is 12.3. The number of amides is 4. The number of nitrogens with one attached hydrogen (secondary N) is 4. The molecule has 38 heavy (non-hydrogen) atoms. The number of carbonyl (C=O) groups is 5. The number of carboxylic acids is 1. The predicted octanol–water partition coefficient (Wildman–Crippen LogP) is 1.22. The van der Waals surface area contributed by atoms with Gasteiger partial charge in [-0.15, -0.1) is 0 Å². The van der Waals surface area contributed by atoms with Gasteiger partial charge in [-0.05, 0) is 50.8 Å². The van der Waals surface area contributed by atoms with Crippen molar-refractivity contribution >= 4 is 29.8 Å². The maximum atomic E-state index is 13.2. The van der Waals surface area contributed by atoms with Crippen molar-refractivity contribution in [2.75, 3.05) is 20.7 Å². The molecule has 0 heterocycles. The summed E-state index contributed by atoms with van der Waals surface area (Å²) < 4.78 is 10.2. The molecule has 212 valence electrons. The van der Waals surface area contributed by atoms with Crippen LogP contribution in [0, 0.1) is 11.8 Å². The van der Waals surface area contributed by atoms with Crippen LogP contribution in [0.4, 0.5) is 4.79 Å². The van der Waals surface area contributed by atoms with Gasteiger partial charge in [-0.25, -0.2) is 4.79 Å². The molecule has 1 aromatic carbocycles. The normalized spacial score (nSPS) is 13.5. The summed E-state index contributed by atoms with van der Waals surface area (Å²) in [6.07, 6.45) is -0.512. The molecular formula is C26H40N4O8. The molecule has 0 aliphatic heterocycles. The zero-order valence-corrected chi connectivity index (χ0v) is 23.0. The maximum absolute atomic E-state index is 13.2. The van der Waals surface area contributed by atoms with Crippen LogP contribution >= 0.6 is 0 Å². The minimum Gasteiger partial charge on any atom is -0.497 e. The fourth-order valence-corrected chi connectivity index (χ4v) is 3.42. The number of carboxylic acid groups (broad SMARTS) is 1. The molecule has 0 aliphatic carbocycles. The number of methoxy groups -OCH3 is 1. The molecule has 1 rings (SSSR count). The Morgan fingerprint density at radius 1 is 0.921 bits per heavy atom. The number of ether oxygens (including phenoxy) is 2. The monoisotopic (exact) mass is 536 g/mol. The van der Waals surface area contributed by atoms with Crippen molar-refractivity contribution in [2.45, 2.75) is 65.1 Å². The summed E-state index contributed by atoms with van der Waals surface area (Å²) in [6.45, 7) is 8.05. The number of rotatable bonds is 13. The maximum Gasteiger partial charge on any atom is 0.407 e. The average Bonchev–Trinajstić information content (AvgIpc) is 2.81. The summed E-state index contributed by atoms with van der Waals surface area (Å²) >= 11 is 0. The van der Waals surface area contributed by atoms with Crippen molar-refractivity contribution in [3.8, 4) is 5.75 Å². The van der Waals surface area contributed by atoms with Gasteiger partial charge in [-0.3, -0.25) is 19.2 Å². The van der Waals surface area contributed by atoms with Crippen molar-refractivity contribution in [3.05, 3.63) is 29.8 Å². The van der Waals surface area contributed by atoms with Crippen molar-refractivity contribution in [1.82, 2.24) is 21.3 Å². The van der Waals surface area contributed by atoms with E-state index in [0.717, 1.165) is 5.56 Å². The Morgan fingerprint density at radius 2 is 1.50 bits per heavy atom. The van der Waals surface area contributed by atoms with E-state index in [1.165, 1.54) is 14.2 Å². The van der Waals surface area contributed by atoms with Crippen molar-refractivity contribution in [2.24, 2.45) is 11.8 Å². The summed E-state index contributed by atoms with van der Waals surface area (Å²) in [5, 5.41) is 19.5. The molecule has 0 fully saturated rings. The van der Waals surface area contributed by atoms with Gasteiger partial charge in [-0.1, -0.05) is 26.0 Å². The lowest BCUT2D eigenvalue weighted by Gasteiger charge is -2.25. The van der Waals surface area contributed by atoms with Crippen molar-refractivity contribution in [1.29, 1.82) is 0 Å². The number of alkyl carbamates (subject to hydrolysis) is 1. The zero-order chi connectivity index (χ0) is 29.0. The quantitative estimate of drug-likeness (QED) is 0.234. The zero-order valence-electron chi connectivity index (χ0n) is 23.0. The number of likely N-dealkylation sites (N-methyl/N-ethyl adjacent to an activating group) is 1. The lowest BCUT2D eigenvalue weighted by molar-refractivity contribution is -0.147. The number of hydrogen-bond acceptors (Lipinski definition) is 7. The van der Waals surface area contributed by atoms with Crippen LogP contribution in [0.1, 0.15) is 46.6 Å². The van der Waals surface area contributed by atoms with Gasteiger partial charge < -0.3 is 35.8 Å². The van der Waals surface area contributed by atoms with E-state index in [2.05, 4.69) is 21.3 Å². The summed E-state index contributed by atoms with van der Waals surface area (Å²) in [6, 6.07) is 4.94. The first-order valence-electron chi connectivity index (χ1n) is 12.3. The highest BCUT2D eigenvalue weighted by Crippen LogP contribution is 2.14. The van der Waals surface area contributed by atoms with Crippen LogP contribution in [-0.4, -0.2) is 73.3 Å². The topological polar surface area (TPSA) is 172 Å². The molecule has 1 unspecified atom stereocenters. The molecule has 12 heteroatoms. The Balaban J connectivity index is 2.99. The molecule has 0 aromatic heterocycles. The second-order valence-corrected chi connectivity index (χ2v) is 10.2. The van der Waals surface area contributed by atoms with Gasteiger partial charge in [0.2, 0.25) is 17.7 Å². The Kier molecular flexibility index (Phi) is 12.5. The third-order valence-electron chi connectivity index (χ3n) is 5.28. The molecule has 0 aliphatic rings. The number of benzene rings is 1. The summed E-state index contributed by atoms with van der Waals surface area (Å²) in [5.41, 5.74) is -0.0399. The fourth-order valence-electron chi connectivity index (χ4n) is 3.42. The molecular weight excluding hydrogens is 496 g/mol. The van der Waals surface area contributed by atoms with Crippen LogP contribution in [0.2, 0.25) is 0 Å². The number of carbonyl (C=O) groups excluding carboxylic acids is 4.